The number of fused-ring (bicyclic) bond motifs is 2. The molecule has 2 atom stereocenters. The lowest BCUT2D eigenvalue weighted by Gasteiger charge is -2.17. The number of nitrogens with one attached hydrogen (secondary N) is 4. The summed E-state index contributed by atoms with van der Waals surface area (Å²) in [6, 6.07) is 16.4. The van der Waals surface area contributed by atoms with E-state index in [-0.39, 0.29) is 11.4 Å². The molecule has 2 unspecified atom stereocenters. The highest BCUT2D eigenvalue weighted by atomic mass is 16.8. The molecule has 10 nitrogen and oxygen atoms in total. The van der Waals surface area contributed by atoms with Crippen LogP contribution in [0.25, 0.3) is 21.8 Å². The molecule has 0 amide bonds. The number of nitrogens with zero attached hydrogens (tertiary/aromatic N) is 1. The summed E-state index contributed by atoms with van der Waals surface area (Å²) in [6.45, 7) is 0. The highest BCUT2D eigenvalue weighted by molar-refractivity contribution is 6.08. The molecule has 6 N–H and O–H groups in total. The maximum atomic E-state index is 11.3. The maximum absolute atomic E-state index is 11.3. The molecule has 0 aliphatic rings. The number of pyridine rings is 1. The average molecular weight is 409 g/mol. The van der Waals surface area contributed by atoms with Crippen LogP contribution in [0, 0.1) is 10.4 Å². The van der Waals surface area contributed by atoms with Gasteiger partial charge >= 0.3 is 0 Å². The lowest BCUT2D eigenvalue weighted by molar-refractivity contribution is -0.991. The Balaban J connectivity index is 1.79. The minimum atomic E-state index is -1.03. The van der Waals surface area contributed by atoms with Crippen LogP contribution < -0.4 is 26.0 Å². The summed E-state index contributed by atoms with van der Waals surface area (Å²) >= 11 is 0. The van der Waals surface area contributed by atoms with Gasteiger partial charge < -0.3 is 20.6 Å². The molecule has 0 saturated heterocycles. The van der Waals surface area contributed by atoms with Crippen molar-refractivity contribution in [1.82, 2.24) is 4.98 Å². The van der Waals surface area contributed by atoms with Crippen LogP contribution in [0.2, 0.25) is 0 Å². The Labute approximate surface area is 170 Å². The van der Waals surface area contributed by atoms with Crippen LogP contribution in [0.15, 0.2) is 60.7 Å². The zero-order chi connectivity index (χ0) is 21.3. The van der Waals surface area contributed by atoms with E-state index in [0.29, 0.717) is 28.2 Å². The normalized spacial score (nSPS) is 13.2. The average Bonchev–Trinajstić information content (AvgIpc) is 2.76. The van der Waals surface area contributed by atoms with E-state index in [1.54, 1.807) is 37.4 Å². The summed E-state index contributed by atoms with van der Waals surface area (Å²) in [5.41, 5.74) is 9.08. The van der Waals surface area contributed by atoms with Crippen molar-refractivity contribution < 1.29 is 25.6 Å². The monoisotopic (exact) mass is 409 g/mol. The molecule has 1 aromatic heterocycles. The van der Waals surface area contributed by atoms with E-state index in [4.69, 9.17) is 9.94 Å². The first kappa shape index (κ1) is 19.8. The zero-order valence-corrected chi connectivity index (χ0v) is 15.8. The number of aromatic nitrogens is 1. The fourth-order valence-corrected chi connectivity index (χ4v) is 3.15. The third-order valence-corrected chi connectivity index (χ3v) is 4.69. The molecule has 0 fully saturated rings. The van der Waals surface area contributed by atoms with Crippen LogP contribution in [0.1, 0.15) is 0 Å². The van der Waals surface area contributed by atoms with Gasteiger partial charge in [-0.05, 0) is 36.4 Å². The highest BCUT2D eigenvalue weighted by Gasteiger charge is 2.13. The van der Waals surface area contributed by atoms with Crippen LogP contribution in [0.5, 0.6) is 5.75 Å². The van der Waals surface area contributed by atoms with Gasteiger partial charge in [-0.3, -0.25) is 5.43 Å². The van der Waals surface area contributed by atoms with Crippen molar-refractivity contribution in [3.8, 4) is 5.75 Å². The van der Waals surface area contributed by atoms with Crippen molar-refractivity contribution >= 4 is 44.6 Å². The number of rotatable bonds is 6. The molecular formula is C20H19N5O5. The second-order valence-electron chi connectivity index (χ2n) is 6.54. The molecule has 4 aromatic rings. The van der Waals surface area contributed by atoms with E-state index in [9.17, 15) is 15.6 Å². The minimum absolute atomic E-state index is 0.144. The zero-order valence-electron chi connectivity index (χ0n) is 15.8. The number of methoxy groups -OCH3 is 1. The van der Waals surface area contributed by atoms with Crippen molar-refractivity contribution in [3.05, 3.63) is 71.1 Å². The number of quaternary nitrogens is 2. The first-order valence-electron chi connectivity index (χ1n) is 8.96. The van der Waals surface area contributed by atoms with Gasteiger partial charge in [0.05, 0.1) is 29.5 Å². The molecule has 10 heteroatoms. The molecule has 0 aliphatic carbocycles. The second kappa shape index (κ2) is 8.08. The summed E-state index contributed by atoms with van der Waals surface area (Å²) in [5.74, 6) is 0.652. The van der Waals surface area contributed by atoms with Gasteiger partial charge in [0.25, 0.3) is 0 Å². The predicted octanol–water partition coefficient (Wildman–Crippen LogP) is 1.64. The standard InChI is InChI=1S/C20H19N5O5/c1-30-15-7-9-18-17(11-15)20(16-8-6-14(25(28)29)10-19(16)21-18)23-22-12-2-4-13(5-3-12)24(26)27/h2-11,22,24-26,28H,1H3,(H,21,23). The number of hydrazine groups is 1. The third kappa shape index (κ3) is 3.82. The van der Waals surface area contributed by atoms with E-state index >= 15 is 0 Å². The largest absolute Gasteiger partial charge is 0.595 e. The van der Waals surface area contributed by atoms with E-state index in [0.717, 1.165) is 10.8 Å². The number of benzene rings is 3. The molecule has 0 spiro atoms. The summed E-state index contributed by atoms with van der Waals surface area (Å²) in [6.07, 6.45) is 0. The molecule has 1 heterocycles. The first-order valence-corrected chi connectivity index (χ1v) is 8.96. The van der Waals surface area contributed by atoms with Gasteiger partial charge in [0.15, 0.2) is 11.4 Å². The summed E-state index contributed by atoms with van der Waals surface area (Å²) in [5, 5.41) is 40.2. The second-order valence-corrected chi connectivity index (χ2v) is 6.54. The summed E-state index contributed by atoms with van der Waals surface area (Å²) in [4.78, 5) is 4.59. The Morgan fingerprint density at radius 3 is 2.17 bits per heavy atom. The van der Waals surface area contributed by atoms with Crippen LogP contribution >= 0.6 is 0 Å². The van der Waals surface area contributed by atoms with E-state index < -0.39 is 10.5 Å². The number of anilines is 2. The van der Waals surface area contributed by atoms with Crippen LogP contribution in [0.3, 0.4) is 0 Å². The van der Waals surface area contributed by atoms with Crippen molar-refractivity contribution in [2.75, 3.05) is 18.0 Å². The van der Waals surface area contributed by atoms with E-state index in [2.05, 4.69) is 15.8 Å². The van der Waals surface area contributed by atoms with Crippen LogP contribution in [-0.2, 0) is 0 Å². The molecule has 154 valence electrons. The van der Waals surface area contributed by atoms with E-state index in [1.165, 1.54) is 24.3 Å². The number of hydrogen-bond donors (Lipinski definition) is 6. The van der Waals surface area contributed by atoms with Gasteiger partial charge in [-0.15, -0.1) is 0 Å². The predicted molar refractivity (Wildman–Crippen MR) is 111 cm³/mol. The third-order valence-electron chi connectivity index (χ3n) is 4.69. The Hall–Kier alpha value is -3.51. The fourth-order valence-electron chi connectivity index (χ4n) is 3.15. The molecule has 0 bridgehead atoms. The Morgan fingerprint density at radius 1 is 0.800 bits per heavy atom. The maximum Gasteiger partial charge on any atom is 0.165 e. The molecule has 0 radical (unpaired) electrons. The Bertz CT molecular complexity index is 1200. The molecule has 0 saturated carbocycles. The number of ether oxygens (including phenoxy) is 1. The van der Waals surface area contributed by atoms with Gasteiger partial charge in [0, 0.05) is 35.0 Å². The van der Waals surface area contributed by atoms with Gasteiger partial charge in [0.1, 0.15) is 5.75 Å². The summed E-state index contributed by atoms with van der Waals surface area (Å²) in [7, 11) is 1.57. The van der Waals surface area contributed by atoms with Crippen molar-refractivity contribution in [2.24, 2.45) is 0 Å². The van der Waals surface area contributed by atoms with Crippen molar-refractivity contribution in [2.45, 2.75) is 0 Å². The summed E-state index contributed by atoms with van der Waals surface area (Å²) < 4.78 is 5.33. The quantitative estimate of drug-likeness (QED) is 0.209. The lowest BCUT2D eigenvalue weighted by Crippen LogP contribution is -2.99. The Morgan fingerprint density at radius 2 is 1.50 bits per heavy atom. The van der Waals surface area contributed by atoms with Gasteiger partial charge in [0.2, 0.25) is 0 Å². The smallest absolute Gasteiger partial charge is 0.165 e. The molecular weight excluding hydrogens is 390 g/mol. The van der Waals surface area contributed by atoms with Crippen molar-refractivity contribution in [1.29, 1.82) is 0 Å². The number of hydrogen-bond acceptors (Lipinski definition) is 8. The molecule has 0 aliphatic heterocycles. The lowest BCUT2D eigenvalue weighted by atomic mass is 10.1. The van der Waals surface area contributed by atoms with E-state index in [1.807, 2.05) is 6.07 Å². The molecule has 4 rings (SSSR count). The highest BCUT2D eigenvalue weighted by Crippen LogP contribution is 2.34. The SMILES string of the molecule is COc1ccc2nc3cc([NH+]([O-])O)ccc3c(NNc3ccc([NH+]([O-])O)cc3)c2c1. The van der Waals surface area contributed by atoms with Gasteiger partial charge in [-0.1, -0.05) is 0 Å². The first-order chi connectivity index (χ1) is 14.5. The van der Waals surface area contributed by atoms with Gasteiger partial charge in [-0.25, -0.2) is 15.4 Å². The topological polar surface area (TPSA) is 142 Å². The van der Waals surface area contributed by atoms with Crippen LogP contribution in [-0.4, -0.2) is 22.5 Å². The molecule has 3 aromatic carbocycles. The fraction of sp³-hybridized carbons (Fsp3) is 0.0500. The minimum Gasteiger partial charge on any atom is -0.595 e. The molecule has 30 heavy (non-hydrogen) atoms. The van der Waals surface area contributed by atoms with Crippen LogP contribution in [0.4, 0.5) is 22.7 Å². The Kier molecular flexibility index (Phi) is 5.33. The van der Waals surface area contributed by atoms with Crippen molar-refractivity contribution in [3.63, 3.8) is 0 Å². The van der Waals surface area contributed by atoms with Gasteiger partial charge in [-0.2, -0.15) is 10.5 Å².